The van der Waals surface area contributed by atoms with Gasteiger partial charge in [-0.3, -0.25) is 9.69 Å². The highest BCUT2D eigenvalue weighted by Gasteiger charge is 2.42. The molecule has 1 fully saturated rings. The van der Waals surface area contributed by atoms with Crippen LogP contribution in [0.2, 0.25) is 0 Å². The van der Waals surface area contributed by atoms with Crippen molar-refractivity contribution in [3.63, 3.8) is 0 Å². The minimum atomic E-state index is 0.0862. The van der Waals surface area contributed by atoms with E-state index in [1.54, 1.807) is 16.7 Å². The number of amides is 1. The van der Waals surface area contributed by atoms with Gasteiger partial charge in [0.05, 0.1) is 5.57 Å². The van der Waals surface area contributed by atoms with E-state index in [0.717, 1.165) is 11.3 Å². The van der Waals surface area contributed by atoms with Gasteiger partial charge in [-0.05, 0) is 11.5 Å². The van der Waals surface area contributed by atoms with Gasteiger partial charge in [0.1, 0.15) is 5.37 Å². The molecule has 0 unspecified atom stereocenters. The maximum Gasteiger partial charge on any atom is 0.265 e. The SMILES string of the molecule is CC(C)(C)C=C=C1C(=O)N2C=CCS[C@@H]12. The molecule has 0 aromatic rings. The van der Waals surface area contributed by atoms with Gasteiger partial charge in [0.2, 0.25) is 0 Å². The van der Waals surface area contributed by atoms with Crippen molar-refractivity contribution in [2.24, 2.45) is 5.41 Å². The molecule has 0 N–H and O–H groups in total. The second-order valence-electron chi connectivity index (χ2n) is 4.85. The molecule has 80 valence electrons. The number of hydrogen-bond acceptors (Lipinski definition) is 2. The smallest absolute Gasteiger partial charge is 0.265 e. The lowest BCUT2D eigenvalue weighted by Crippen LogP contribution is -2.50. The van der Waals surface area contributed by atoms with Crippen molar-refractivity contribution in [2.75, 3.05) is 5.75 Å². The molecule has 0 aliphatic carbocycles. The fraction of sp³-hybridized carbons (Fsp3) is 0.500. The van der Waals surface area contributed by atoms with Crippen molar-refractivity contribution in [2.45, 2.75) is 26.1 Å². The summed E-state index contributed by atoms with van der Waals surface area (Å²) in [6.07, 6.45) is 5.88. The fourth-order valence-corrected chi connectivity index (χ4v) is 2.51. The number of rotatable bonds is 0. The molecular formula is C12H15NOS. The summed E-state index contributed by atoms with van der Waals surface area (Å²) >= 11 is 1.77. The average molecular weight is 221 g/mol. The lowest BCUT2D eigenvalue weighted by molar-refractivity contribution is -0.130. The van der Waals surface area contributed by atoms with E-state index >= 15 is 0 Å². The van der Waals surface area contributed by atoms with Crippen LogP contribution in [-0.4, -0.2) is 21.9 Å². The van der Waals surface area contributed by atoms with Gasteiger partial charge < -0.3 is 0 Å². The summed E-state index contributed by atoms with van der Waals surface area (Å²) in [5.74, 6) is 1.08. The third kappa shape index (κ3) is 2.04. The second kappa shape index (κ2) is 3.58. The predicted octanol–water partition coefficient (Wildman–Crippen LogP) is 2.54. The van der Waals surface area contributed by atoms with Crippen LogP contribution in [0, 0.1) is 5.41 Å². The quantitative estimate of drug-likeness (QED) is 0.356. The van der Waals surface area contributed by atoms with Gasteiger partial charge >= 0.3 is 0 Å². The number of nitrogens with zero attached hydrogens (tertiary/aromatic N) is 1. The van der Waals surface area contributed by atoms with E-state index in [2.05, 4.69) is 26.5 Å². The first-order chi connectivity index (χ1) is 6.99. The van der Waals surface area contributed by atoms with Crippen molar-refractivity contribution < 1.29 is 4.79 Å². The van der Waals surface area contributed by atoms with Crippen molar-refractivity contribution in [3.8, 4) is 0 Å². The minimum Gasteiger partial charge on any atom is -0.297 e. The Hall–Kier alpha value is -0.920. The van der Waals surface area contributed by atoms with E-state index in [1.807, 2.05) is 18.4 Å². The molecule has 0 spiro atoms. The normalized spacial score (nSPS) is 24.5. The maximum absolute atomic E-state index is 11.7. The highest BCUT2D eigenvalue weighted by Crippen LogP contribution is 2.37. The molecule has 0 saturated carbocycles. The predicted molar refractivity (Wildman–Crippen MR) is 63.3 cm³/mol. The Morgan fingerprint density at radius 3 is 3.00 bits per heavy atom. The molecule has 2 aliphatic heterocycles. The molecule has 1 amide bonds. The zero-order valence-corrected chi connectivity index (χ0v) is 10.1. The van der Waals surface area contributed by atoms with E-state index in [9.17, 15) is 4.79 Å². The first-order valence-corrected chi connectivity index (χ1v) is 6.12. The van der Waals surface area contributed by atoms with Crippen molar-refractivity contribution in [1.29, 1.82) is 0 Å². The molecule has 0 bridgehead atoms. The molecule has 3 heteroatoms. The van der Waals surface area contributed by atoms with E-state index in [0.29, 0.717) is 0 Å². The molecule has 2 rings (SSSR count). The zero-order chi connectivity index (χ0) is 11.1. The largest absolute Gasteiger partial charge is 0.297 e. The second-order valence-corrected chi connectivity index (χ2v) is 5.96. The number of hydrogen-bond donors (Lipinski definition) is 0. The number of carbonyl (C=O) groups excluding carboxylic acids is 1. The monoisotopic (exact) mass is 221 g/mol. The molecule has 1 atom stereocenters. The third-order valence-electron chi connectivity index (χ3n) is 2.24. The van der Waals surface area contributed by atoms with E-state index in [1.165, 1.54) is 0 Å². The lowest BCUT2D eigenvalue weighted by atomic mass is 9.95. The van der Waals surface area contributed by atoms with Crippen LogP contribution < -0.4 is 0 Å². The fourth-order valence-electron chi connectivity index (χ4n) is 1.46. The highest BCUT2D eigenvalue weighted by atomic mass is 32.2. The van der Waals surface area contributed by atoms with Crippen LogP contribution in [-0.2, 0) is 4.79 Å². The molecule has 2 aliphatic rings. The average Bonchev–Trinajstić information content (AvgIpc) is 2.15. The van der Waals surface area contributed by atoms with Crippen molar-refractivity contribution in [3.05, 3.63) is 29.7 Å². The van der Waals surface area contributed by atoms with Crippen molar-refractivity contribution >= 4 is 17.7 Å². The van der Waals surface area contributed by atoms with Gasteiger partial charge in [-0.1, -0.05) is 26.8 Å². The molecule has 2 heterocycles. The van der Waals surface area contributed by atoms with Gasteiger partial charge in [-0.15, -0.1) is 17.5 Å². The first kappa shape index (κ1) is 10.6. The van der Waals surface area contributed by atoms with Crippen molar-refractivity contribution in [1.82, 2.24) is 4.90 Å². The van der Waals surface area contributed by atoms with E-state index < -0.39 is 0 Å². The van der Waals surface area contributed by atoms with Crippen LogP contribution in [0.5, 0.6) is 0 Å². The van der Waals surface area contributed by atoms with Crippen LogP contribution >= 0.6 is 11.8 Å². The third-order valence-corrected chi connectivity index (χ3v) is 3.40. The molecule has 15 heavy (non-hydrogen) atoms. The Morgan fingerprint density at radius 2 is 2.33 bits per heavy atom. The summed E-state index contributed by atoms with van der Waals surface area (Å²) in [6.45, 7) is 6.32. The number of carbonyl (C=O) groups is 1. The number of thioether (sulfide) groups is 1. The topological polar surface area (TPSA) is 20.3 Å². The first-order valence-electron chi connectivity index (χ1n) is 5.08. The van der Waals surface area contributed by atoms with Crippen LogP contribution in [0.3, 0.4) is 0 Å². The molecule has 2 nitrogen and oxygen atoms in total. The standard InChI is InChI=1S/C12H15NOS/c1-12(2,3)6-5-9-10(14)13-7-4-8-15-11(9)13/h4,6-7,11H,8H2,1-3H3/t5?,11-/m0/s1. The Balaban J connectivity index is 2.23. The van der Waals surface area contributed by atoms with Gasteiger partial charge in [0, 0.05) is 12.0 Å². The zero-order valence-electron chi connectivity index (χ0n) is 9.28. The Morgan fingerprint density at radius 1 is 1.60 bits per heavy atom. The van der Waals surface area contributed by atoms with E-state index in [-0.39, 0.29) is 16.7 Å². The summed E-state index contributed by atoms with van der Waals surface area (Å²) in [6, 6.07) is 0. The Labute approximate surface area is 94.7 Å². The van der Waals surface area contributed by atoms with Gasteiger partial charge in [0.25, 0.3) is 5.91 Å². The summed E-state index contributed by atoms with van der Waals surface area (Å²) < 4.78 is 0. The summed E-state index contributed by atoms with van der Waals surface area (Å²) in [5.41, 5.74) is 4.06. The van der Waals surface area contributed by atoms with E-state index in [4.69, 9.17) is 0 Å². The number of β-lactam (4-membered cyclic amide) rings is 1. The van der Waals surface area contributed by atoms with Gasteiger partial charge in [0.15, 0.2) is 0 Å². The van der Waals surface area contributed by atoms with Crippen LogP contribution in [0.1, 0.15) is 20.8 Å². The Kier molecular flexibility index (Phi) is 2.53. The van der Waals surface area contributed by atoms with Gasteiger partial charge in [-0.2, -0.15) is 0 Å². The summed E-state index contributed by atoms with van der Waals surface area (Å²) in [4.78, 5) is 13.4. The van der Waals surface area contributed by atoms with Crippen LogP contribution in [0.15, 0.2) is 29.7 Å². The minimum absolute atomic E-state index is 0.0862. The molecule has 0 radical (unpaired) electrons. The number of fused-ring (bicyclic) bond motifs is 1. The molecular weight excluding hydrogens is 206 g/mol. The molecule has 1 saturated heterocycles. The highest BCUT2D eigenvalue weighted by molar-refractivity contribution is 8.00. The summed E-state index contributed by atoms with van der Waals surface area (Å²) in [5, 5.41) is 0.209. The summed E-state index contributed by atoms with van der Waals surface area (Å²) in [7, 11) is 0. The molecule has 0 aromatic carbocycles. The lowest BCUT2D eigenvalue weighted by Gasteiger charge is -2.40. The Bertz CT molecular complexity index is 383. The van der Waals surface area contributed by atoms with Gasteiger partial charge in [-0.25, -0.2) is 0 Å². The van der Waals surface area contributed by atoms with Crippen LogP contribution in [0.25, 0.3) is 0 Å². The van der Waals surface area contributed by atoms with Crippen LogP contribution in [0.4, 0.5) is 0 Å². The molecule has 0 aromatic heterocycles. The maximum atomic E-state index is 11.7.